The minimum Gasteiger partial charge on any atom is -0.393 e. The molecule has 0 unspecified atom stereocenters. The molecule has 0 saturated carbocycles. The number of rotatable bonds is 8. The molecule has 4 nitrogen and oxygen atoms in total. The SMILES string of the molecule is CC(C)(CCC#N)CNCCCN1CCC(O)CC1. The van der Waals surface area contributed by atoms with E-state index in [0.29, 0.717) is 6.42 Å². The summed E-state index contributed by atoms with van der Waals surface area (Å²) in [7, 11) is 0. The summed E-state index contributed by atoms with van der Waals surface area (Å²) in [5.74, 6) is 0. The van der Waals surface area contributed by atoms with Gasteiger partial charge in [-0.25, -0.2) is 0 Å². The molecule has 1 aliphatic heterocycles. The van der Waals surface area contributed by atoms with Crippen LogP contribution in [0, 0.1) is 16.7 Å². The Kier molecular flexibility index (Phi) is 7.37. The molecule has 1 saturated heterocycles. The Morgan fingerprint density at radius 2 is 2.05 bits per heavy atom. The first kappa shape index (κ1) is 16.4. The Morgan fingerprint density at radius 1 is 1.37 bits per heavy atom. The maximum atomic E-state index is 9.44. The molecular formula is C15H29N3O. The summed E-state index contributed by atoms with van der Waals surface area (Å²) < 4.78 is 0. The molecule has 1 rings (SSSR count). The highest BCUT2D eigenvalue weighted by Crippen LogP contribution is 2.20. The first-order valence-electron chi connectivity index (χ1n) is 7.51. The summed E-state index contributed by atoms with van der Waals surface area (Å²) in [4.78, 5) is 2.44. The van der Waals surface area contributed by atoms with Crippen LogP contribution in [0.4, 0.5) is 0 Å². The van der Waals surface area contributed by atoms with Crippen LogP contribution in [-0.4, -0.2) is 48.8 Å². The first-order chi connectivity index (χ1) is 9.03. The van der Waals surface area contributed by atoms with Crippen LogP contribution in [0.5, 0.6) is 0 Å². The highest BCUT2D eigenvalue weighted by atomic mass is 16.3. The maximum Gasteiger partial charge on any atom is 0.0621 e. The van der Waals surface area contributed by atoms with Gasteiger partial charge in [0.1, 0.15) is 0 Å². The monoisotopic (exact) mass is 267 g/mol. The molecule has 0 spiro atoms. The van der Waals surface area contributed by atoms with Crippen LogP contribution in [0.2, 0.25) is 0 Å². The van der Waals surface area contributed by atoms with Crippen molar-refractivity contribution in [3.8, 4) is 6.07 Å². The summed E-state index contributed by atoms with van der Waals surface area (Å²) in [6, 6.07) is 2.22. The number of hydrogen-bond acceptors (Lipinski definition) is 4. The van der Waals surface area contributed by atoms with Crippen molar-refractivity contribution in [3.05, 3.63) is 0 Å². The summed E-state index contributed by atoms with van der Waals surface area (Å²) in [5, 5.41) is 21.5. The second kappa shape index (κ2) is 8.52. The van der Waals surface area contributed by atoms with Crippen LogP contribution < -0.4 is 5.32 Å². The number of likely N-dealkylation sites (tertiary alicyclic amines) is 1. The molecular weight excluding hydrogens is 238 g/mol. The van der Waals surface area contributed by atoms with Crippen LogP contribution in [0.15, 0.2) is 0 Å². The lowest BCUT2D eigenvalue weighted by Gasteiger charge is -2.29. The third-order valence-electron chi connectivity index (χ3n) is 3.90. The van der Waals surface area contributed by atoms with E-state index in [4.69, 9.17) is 5.26 Å². The van der Waals surface area contributed by atoms with Crippen LogP contribution in [0.3, 0.4) is 0 Å². The van der Waals surface area contributed by atoms with Gasteiger partial charge in [0.2, 0.25) is 0 Å². The van der Waals surface area contributed by atoms with E-state index in [2.05, 4.69) is 30.1 Å². The zero-order valence-corrected chi connectivity index (χ0v) is 12.5. The number of piperidine rings is 1. The number of aliphatic hydroxyl groups excluding tert-OH is 1. The first-order valence-corrected chi connectivity index (χ1v) is 7.51. The van der Waals surface area contributed by atoms with Gasteiger partial charge in [0.25, 0.3) is 0 Å². The molecule has 1 fully saturated rings. The van der Waals surface area contributed by atoms with Crippen LogP contribution in [0.25, 0.3) is 0 Å². The number of nitrogens with zero attached hydrogens (tertiary/aromatic N) is 2. The molecule has 110 valence electrons. The fourth-order valence-corrected chi connectivity index (χ4v) is 2.48. The molecule has 0 aliphatic carbocycles. The highest BCUT2D eigenvalue weighted by molar-refractivity contribution is 4.79. The Balaban J connectivity index is 2.00. The van der Waals surface area contributed by atoms with Crippen molar-refractivity contribution in [2.45, 2.75) is 52.1 Å². The van der Waals surface area contributed by atoms with Gasteiger partial charge in [-0.3, -0.25) is 0 Å². The van der Waals surface area contributed by atoms with E-state index >= 15 is 0 Å². The Hall–Kier alpha value is -0.630. The summed E-state index contributed by atoms with van der Waals surface area (Å²) in [5.41, 5.74) is 0.213. The van der Waals surface area contributed by atoms with Gasteiger partial charge >= 0.3 is 0 Å². The van der Waals surface area contributed by atoms with Gasteiger partial charge in [-0.15, -0.1) is 0 Å². The molecule has 4 heteroatoms. The van der Waals surface area contributed by atoms with Crippen molar-refractivity contribution in [1.82, 2.24) is 10.2 Å². The molecule has 0 atom stereocenters. The minimum atomic E-state index is -0.0738. The van der Waals surface area contributed by atoms with Crippen molar-refractivity contribution < 1.29 is 5.11 Å². The van der Waals surface area contributed by atoms with Gasteiger partial charge in [0.05, 0.1) is 12.2 Å². The normalized spacial score (nSPS) is 18.4. The molecule has 0 aromatic carbocycles. The standard InChI is InChI=1S/C15H29N3O/c1-15(2,7-3-8-16)13-17-9-4-10-18-11-5-14(19)6-12-18/h14,17,19H,3-7,9-13H2,1-2H3. The number of nitrogens with one attached hydrogen (secondary N) is 1. The quantitative estimate of drug-likeness (QED) is 0.658. The minimum absolute atomic E-state index is 0.0738. The number of hydrogen-bond donors (Lipinski definition) is 2. The van der Waals surface area contributed by atoms with Crippen molar-refractivity contribution >= 4 is 0 Å². The van der Waals surface area contributed by atoms with Crippen LogP contribution in [0.1, 0.15) is 46.0 Å². The summed E-state index contributed by atoms with van der Waals surface area (Å²) in [6.07, 6.45) is 4.54. The molecule has 1 heterocycles. The Morgan fingerprint density at radius 3 is 2.68 bits per heavy atom. The smallest absolute Gasteiger partial charge is 0.0621 e. The predicted molar refractivity (Wildman–Crippen MR) is 77.8 cm³/mol. The second-order valence-electron chi connectivity index (χ2n) is 6.43. The second-order valence-corrected chi connectivity index (χ2v) is 6.43. The van der Waals surface area contributed by atoms with Gasteiger partial charge in [0.15, 0.2) is 0 Å². The van der Waals surface area contributed by atoms with Gasteiger partial charge in [-0.2, -0.15) is 5.26 Å². The van der Waals surface area contributed by atoms with Crippen LogP contribution in [-0.2, 0) is 0 Å². The van der Waals surface area contributed by atoms with Crippen molar-refractivity contribution in [3.63, 3.8) is 0 Å². The van der Waals surface area contributed by atoms with E-state index < -0.39 is 0 Å². The lowest BCUT2D eigenvalue weighted by atomic mass is 9.88. The van der Waals surface area contributed by atoms with Gasteiger partial charge < -0.3 is 15.3 Å². The van der Waals surface area contributed by atoms with E-state index in [1.807, 2.05) is 0 Å². The molecule has 1 aliphatic rings. The molecule has 0 radical (unpaired) electrons. The predicted octanol–water partition coefficient (Wildman–Crippen LogP) is 1.75. The lowest BCUT2D eigenvalue weighted by molar-refractivity contribution is 0.0820. The van der Waals surface area contributed by atoms with Crippen molar-refractivity contribution in [2.24, 2.45) is 5.41 Å². The third-order valence-corrected chi connectivity index (χ3v) is 3.90. The van der Waals surface area contributed by atoms with E-state index in [1.54, 1.807) is 0 Å². The molecule has 19 heavy (non-hydrogen) atoms. The maximum absolute atomic E-state index is 9.44. The Bertz CT molecular complexity index is 278. The average Bonchev–Trinajstić information content (AvgIpc) is 2.38. The van der Waals surface area contributed by atoms with Crippen LogP contribution >= 0.6 is 0 Å². The molecule has 0 aromatic rings. The fourth-order valence-electron chi connectivity index (χ4n) is 2.48. The summed E-state index contributed by atoms with van der Waals surface area (Å²) >= 11 is 0. The van der Waals surface area contributed by atoms with E-state index in [1.165, 1.54) is 0 Å². The fraction of sp³-hybridized carbons (Fsp3) is 0.933. The largest absolute Gasteiger partial charge is 0.393 e. The van der Waals surface area contributed by atoms with E-state index in [0.717, 1.165) is 58.4 Å². The average molecular weight is 267 g/mol. The topological polar surface area (TPSA) is 59.3 Å². The summed E-state index contributed by atoms with van der Waals surface area (Å²) in [6.45, 7) is 9.64. The molecule has 0 bridgehead atoms. The van der Waals surface area contributed by atoms with Gasteiger partial charge in [0, 0.05) is 26.1 Å². The number of aliphatic hydroxyl groups is 1. The zero-order valence-electron chi connectivity index (χ0n) is 12.5. The highest BCUT2D eigenvalue weighted by Gasteiger charge is 2.17. The molecule has 0 amide bonds. The molecule has 0 aromatic heterocycles. The molecule has 2 N–H and O–H groups in total. The third kappa shape index (κ3) is 7.51. The van der Waals surface area contributed by atoms with E-state index in [-0.39, 0.29) is 11.5 Å². The number of nitriles is 1. The lowest BCUT2D eigenvalue weighted by Crippen LogP contribution is -2.38. The van der Waals surface area contributed by atoms with Gasteiger partial charge in [-0.1, -0.05) is 13.8 Å². The zero-order chi connectivity index (χ0) is 14.1. The van der Waals surface area contributed by atoms with Gasteiger partial charge in [-0.05, 0) is 44.2 Å². The Labute approximate surface area is 117 Å². The van der Waals surface area contributed by atoms with Crippen molar-refractivity contribution in [2.75, 3.05) is 32.7 Å². The van der Waals surface area contributed by atoms with E-state index in [9.17, 15) is 5.11 Å². The van der Waals surface area contributed by atoms with Crippen molar-refractivity contribution in [1.29, 1.82) is 5.26 Å².